The fourth-order valence-corrected chi connectivity index (χ4v) is 6.20. The molecule has 0 radical (unpaired) electrons. The molecule has 0 spiro atoms. The van der Waals surface area contributed by atoms with Gasteiger partial charge in [-0.2, -0.15) is 0 Å². The number of amides is 3. The fraction of sp³-hybridized carbons (Fsp3) is 0.472. The average molecular weight is 649 g/mol. The van der Waals surface area contributed by atoms with Crippen LogP contribution in [0.5, 0.6) is 0 Å². The number of nitrogens with zero attached hydrogens (tertiary/aromatic N) is 2. The van der Waals surface area contributed by atoms with Gasteiger partial charge in [0.25, 0.3) is 0 Å². The van der Waals surface area contributed by atoms with Crippen LogP contribution in [-0.2, 0) is 32.0 Å². The van der Waals surface area contributed by atoms with E-state index in [4.69, 9.17) is 4.74 Å². The molecule has 46 heavy (non-hydrogen) atoms. The molecule has 9 nitrogen and oxygen atoms in total. The minimum absolute atomic E-state index is 0.0887. The van der Waals surface area contributed by atoms with Gasteiger partial charge in [0.1, 0.15) is 18.7 Å². The second kappa shape index (κ2) is 16.8. The maximum absolute atomic E-state index is 14.4. The lowest BCUT2D eigenvalue weighted by Crippen LogP contribution is -2.57. The van der Waals surface area contributed by atoms with Gasteiger partial charge >= 0.3 is 0 Å². The number of nitrogens with one attached hydrogen (secondary N) is 2. The molecule has 3 N–H and O–H groups in total. The van der Waals surface area contributed by atoms with Crippen molar-refractivity contribution < 1.29 is 24.2 Å². The van der Waals surface area contributed by atoms with Gasteiger partial charge in [-0.1, -0.05) is 74.5 Å². The summed E-state index contributed by atoms with van der Waals surface area (Å²) >= 11 is 1.52. The molecular weight excluding hydrogens is 600 g/mol. The summed E-state index contributed by atoms with van der Waals surface area (Å²) in [5.74, 6) is -0.939. The molecule has 0 bridgehead atoms. The molecular formula is C36H48N4O5S. The highest BCUT2D eigenvalue weighted by molar-refractivity contribution is 7.09. The van der Waals surface area contributed by atoms with Crippen LogP contribution in [0.4, 0.5) is 0 Å². The van der Waals surface area contributed by atoms with E-state index < -0.39 is 17.5 Å². The molecule has 1 aromatic heterocycles. The molecule has 4 rings (SSSR count). The largest absolute Gasteiger partial charge is 0.396 e. The summed E-state index contributed by atoms with van der Waals surface area (Å²) in [5.41, 5.74) is 2.53. The topological polar surface area (TPSA) is 111 Å². The number of aliphatic hydroxyl groups excluding tert-OH is 1. The summed E-state index contributed by atoms with van der Waals surface area (Å²) < 4.78 is 5.77. The second-order valence-corrected chi connectivity index (χ2v) is 13.9. The lowest BCUT2D eigenvalue weighted by atomic mass is 9.94. The number of carbonyl (C=O) groups is 3. The van der Waals surface area contributed by atoms with Crippen LogP contribution in [0.1, 0.15) is 37.1 Å². The van der Waals surface area contributed by atoms with Crippen molar-refractivity contribution in [1.29, 1.82) is 0 Å². The summed E-state index contributed by atoms with van der Waals surface area (Å²) in [6, 6.07) is 20.5. The van der Waals surface area contributed by atoms with Crippen molar-refractivity contribution >= 4 is 29.1 Å². The molecule has 248 valence electrons. The fourth-order valence-electron chi connectivity index (χ4n) is 5.45. The molecule has 1 saturated heterocycles. The van der Waals surface area contributed by atoms with E-state index in [1.54, 1.807) is 14.1 Å². The number of hydrogen-bond acceptors (Lipinski definition) is 7. The Balaban J connectivity index is 1.55. The molecule has 2 heterocycles. The first-order valence-corrected chi connectivity index (χ1v) is 16.8. The summed E-state index contributed by atoms with van der Waals surface area (Å²) in [4.78, 5) is 45.3. The highest BCUT2D eigenvalue weighted by atomic mass is 32.1. The van der Waals surface area contributed by atoms with Gasteiger partial charge in [-0.05, 0) is 47.5 Å². The Kier molecular flexibility index (Phi) is 12.9. The monoisotopic (exact) mass is 648 g/mol. The third-order valence-electron chi connectivity index (χ3n) is 8.60. The Labute approximate surface area is 276 Å². The molecule has 1 aliphatic rings. The number of rotatable bonds is 16. The molecule has 3 unspecified atom stereocenters. The van der Waals surface area contributed by atoms with E-state index in [1.807, 2.05) is 86.0 Å². The first-order chi connectivity index (χ1) is 22.1. The minimum Gasteiger partial charge on any atom is -0.396 e. The Morgan fingerprint density at radius 3 is 2.33 bits per heavy atom. The van der Waals surface area contributed by atoms with Gasteiger partial charge in [-0.3, -0.25) is 14.4 Å². The lowest BCUT2D eigenvalue weighted by molar-refractivity contribution is -0.149. The molecule has 1 fully saturated rings. The van der Waals surface area contributed by atoms with Crippen molar-refractivity contribution in [2.45, 2.75) is 57.7 Å². The zero-order valence-electron chi connectivity index (χ0n) is 27.4. The van der Waals surface area contributed by atoms with Crippen molar-refractivity contribution in [1.82, 2.24) is 20.4 Å². The normalized spacial score (nSPS) is 16.1. The van der Waals surface area contributed by atoms with Gasteiger partial charge < -0.3 is 30.3 Å². The van der Waals surface area contributed by atoms with Gasteiger partial charge in [0.15, 0.2) is 0 Å². The zero-order chi connectivity index (χ0) is 33.1. The van der Waals surface area contributed by atoms with Crippen LogP contribution in [0.2, 0.25) is 0 Å². The molecule has 3 atom stereocenters. The summed E-state index contributed by atoms with van der Waals surface area (Å²) in [7, 11) is 3.26. The number of carbonyl (C=O) groups excluding carboxylic acids is 3. The number of likely N-dealkylation sites (N-methyl/N-ethyl adjacent to an activating group) is 2. The molecule has 0 saturated carbocycles. The Hall–Kier alpha value is -3.57. The van der Waals surface area contributed by atoms with E-state index in [1.165, 1.54) is 21.1 Å². The van der Waals surface area contributed by atoms with Gasteiger partial charge in [0.05, 0.1) is 6.61 Å². The molecule has 2 aromatic carbocycles. The van der Waals surface area contributed by atoms with Crippen LogP contribution in [0.15, 0.2) is 72.1 Å². The van der Waals surface area contributed by atoms with Crippen LogP contribution >= 0.6 is 11.3 Å². The quantitative estimate of drug-likeness (QED) is 0.218. The Morgan fingerprint density at radius 1 is 0.978 bits per heavy atom. The Morgan fingerprint density at radius 2 is 1.70 bits per heavy atom. The minimum atomic E-state index is -0.860. The van der Waals surface area contributed by atoms with E-state index >= 15 is 0 Å². The molecule has 3 amide bonds. The number of aliphatic hydroxyl groups is 1. The smallest absolute Gasteiger partial charge is 0.249 e. The number of hydrogen-bond donors (Lipinski definition) is 3. The van der Waals surface area contributed by atoms with Crippen molar-refractivity contribution in [3.8, 4) is 11.1 Å². The van der Waals surface area contributed by atoms with E-state index in [2.05, 4.69) is 10.6 Å². The van der Waals surface area contributed by atoms with Crippen molar-refractivity contribution in [3.63, 3.8) is 0 Å². The number of thiophene rings is 1. The summed E-state index contributed by atoms with van der Waals surface area (Å²) in [6.45, 7) is 5.15. The van der Waals surface area contributed by atoms with Gasteiger partial charge in [-0.25, -0.2) is 0 Å². The van der Waals surface area contributed by atoms with Crippen molar-refractivity contribution in [2.24, 2.45) is 5.41 Å². The van der Waals surface area contributed by atoms with E-state index in [0.29, 0.717) is 13.0 Å². The van der Waals surface area contributed by atoms with Crippen LogP contribution < -0.4 is 10.6 Å². The SMILES string of the molecule is CN(C(=O)COCC1CCCN1)C(Cc1ccc(-c2ccccc2)cc1)C(=O)N(C)C(Cc1cccs1)C(=O)NCC(C)(C)CO. The predicted molar refractivity (Wildman–Crippen MR) is 182 cm³/mol. The number of benzene rings is 2. The lowest BCUT2D eigenvalue weighted by Gasteiger charge is -2.35. The average Bonchev–Trinajstić information content (AvgIpc) is 3.80. The van der Waals surface area contributed by atoms with Gasteiger partial charge in [0, 0.05) is 56.4 Å². The standard InChI is InChI=1S/C36H48N4O5S/c1-36(2,25-41)24-38-34(43)31(21-30-13-9-19-46-30)40(4)35(44)32(39(3)33(42)23-45-22-29-12-8-18-37-29)20-26-14-16-28(17-15-26)27-10-6-5-7-11-27/h5-7,9-11,13-17,19,29,31-32,37,41H,8,12,18,20-25H2,1-4H3,(H,38,43). The second-order valence-electron chi connectivity index (χ2n) is 12.9. The van der Waals surface area contributed by atoms with Crippen LogP contribution in [0, 0.1) is 5.41 Å². The highest BCUT2D eigenvalue weighted by Gasteiger charge is 2.36. The summed E-state index contributed by atoms with van der Waals surface area (Å²) in [5, 5.41) is 18.0. The molecule has 1 aliphatic heterocycles. The first-order valence-electron chi connectivity index (χ1n) is 16.0. The van der Waals surface area contributed by atoms with Gasteiger partial charge in [-0.15, -0.1) is 11.3 Å². The maximum Gasteiger partial charge on any atom is 0.249 e. The summed E-state index contributed by atoms with van der Waals surface area (Å²) in [6.07, 6.45) is 2.71. The first kappa shape index (κ1) is 35.3. The molecule has 0 aliphatic carbocycles. The van der Waals surface area contributed by atoms with Crippen LogP contribution in [0.25, 0.3) is 11.1 Å². The third kappa shape index (κ3) is 9.96. The highest BCUT2D eigenvalue weighted by Crippen LogP contribution is 2.22. The van der Waals surface area contributed by atoms with Crippen molar-refractivity contribution in [3.05, 3.63) is 82.6 Å². The zero-order valence-corrected chi connectivity index (χ0v) is 28.2. The Bertz CT molecular complexity index is 1390. The van der Waals surface area contributed by atoms with E-state index in [0.717, 1.165) is 41.0 Å². The molecule has 10 heteroatoms. The van der Waals surface area contributed by atoms with Crippen LogP contribution in [-0.4, -0.2) is 97.8 Å². The predicted octanol–water partition coefficient (Wildman–Crippen LogP) is 3.76. The third-order valence-corrected chi connectivity index (χ3v) is 9.50. The number of ether oxygens (including phenoxy) is 1. The van der Waals surface area contributed by atoms with Gasteiger partial charge in [0.2, 0.25) is 17.7 Å². The van der Waals surface area contributed by atoms with E-state index in [-0.39, 0.29) is 49.9 Å². The molecule has 3 aromatic rings. The van der Waals surface area contributed by atoms with Crippen LogP contribution in [0.3, 0.4) is 0 Å². The van der Waals surface area contributed by atoms with Crippen molar-refractivity contribution in [2.75, 3.05) is 47.0 Å². The maximum atomic E-state index is 14.4. The van der Waals surface area contributed by atoms with E-state index in [9.17, 15) is 19.5 Å².